The van der Waals surface area contributed by atoms with Crippen LogP contribution in [0.3, 0.4) is 0 Å². The molecule has 7 aromatic carbocycles. The number of anilines is 3. The van der Waals surface area contributed by atoms with Crippen LogP contribution in [0.1, 0.15) is 17.3 Å². The molecular weight excluding hydrogens is 639 g/mol. The van der Waals surface area contributed by atoms with Crippen molar-refractivity contribution in [3.63, 3.8) is 0 Å². The van der Waals surface area contributed by atoms with Gasteiger partial charge in [0.1, 0.15) is 11.0 Å². The second kappa shape index (κ2) is 13.4. The summed E-state index contributed by atoms with van der Waals surface area (Å²) in [5.41, 5.74) is 14.4. The largest absolute Gasteiger partial charge is 0.441 e. The second-order valence-electron chi connectivity index (χ2n) is 12.7. The molecule has 0 spiro atoms. The Balaban J connectivity index is 0.895. The average Bonchev–Trinajstić information content (AvgIpc) is 3.80. The van der Waals surface area contributed by atoms with Crippen LogP contribution in [-0.4, -0.2) is 9.97 Å². The maximum Gasteiger partial charge on any atom is 0.220 e. The molecule has 0 unspecified atom stereocenters. The Hall–Kier alpha value is -6.98. The van der Waals surface area contributed by atoms with Crippen LogP contribution in [0.15, 0.2) is 179 Å². The monoisotopic (exact) mass is 671 g/mol. The van der Waals surface area contributed by atoms with Crippen molar-refractivity contribution in [3.8, 4) is 33.4 Å². The molecule has 2 heterocycles. The number of aryl methyl sites for hydroxylation is 1. The van der Waals surface area contributed by atoms with Gasteiger partial charge in [-0.05, 0) is 106 Å². The Labute approximate surface area is 301 Å². The third-order valence-electron chi connectivity index (χ3n) is 9.27. The van der Waals surface area contributed by atoms with Gasteiger partial charge in [-0.1, -0.05) is 109 Å². The number of hydrogen-bond donors (Lipinski definition) is 0. The van der Waals surface area contributed by atoms with E-state index in [0.717, 1.165) is 78.2 Å². The minimum absolute atomic E-state index is 0.571. The van der Waals surface area contributed by atoms with Gasteiger partial charge in [-0.15, -0.1) is 0 Å². The molecule has 248 valence electrons. The molecule has 5 heteroatoms. The number of nitrogens with zero attached hydrogens (tertiary/aromatic N) is 3. The summed E-state index contributed by atoms with van der Waals surface area (Å²) in [6, 6.07) is 58.9. The van der Waals surface area contributed by atoms with Crippen LogP contribution < -0.4 is 4.90 Å². The van der Waals surface area contributed by atoms with E-state index >= 15 is 0 Å². The van der Waals surface area contributed by atoms with E-state index in [1.807, 2.05) is 43.3 Å². The smallest absolute Gasteiger partial charge is 0.220 e. The lowest BCUT2D eigenvalue weighted by molar-refractivity contribution is 0.561. The summed E-state index contributed by atoms with van der Waals surface area (Å²) in [6.07, 6.45) is 3.96. The van der Waals surface area contributed by atoms with E-state index in [9.17, 15) is 0 Å². The molecule has 0 bridgehead atoms. The molecule has 0 aliphatic carbocycles. The third-order valence-corrected chi connectivity index (χ3v) is 9.27. The molecule has 0 fully saturated rings. The zero-order valence-corrected chi connectivity index (χ0v) is 28.5. The van der Waals surface area contributed by atoms with E-state index in [0.29, 0.717) is 11.8 Å². The van der Waals surface area contributed by atoms with E-state index in [1.165, 1.54) is 0 Å². The number of oxazole rings is 2. The minimum atomic E-state index is 0.571. The topological polar surface area (TPSA) is 55.3 Å². The molecule has 52 heavy (non-hydrogen) atoms. The Kier molecular flexibility index (Phi) is 7.99. The summed E-state index contributed by atoms with van der Waals surface area (Å²) in [5, 5.41) is 0. The molecule has 0 aliphatic heterocycles. The van der Waals surface area contributed by atoms with Crippen molar-refractivity contribution in [1.82, 2.24) is 9.97 Å². The Bertz CT molecular complexity index is 2620. The highest BCUT2D eigenvalue weighted by atomic mass is 16.3. The fraction of sp³-hybridized carbons (Fsp3) is 0.0213. The van der Waals surface area contributed by atoms with Gasteiger partial charge in [0.15, 0.2) is 17.1 Å². The molecule has 5 nitrogen and oxygen atoms in total. The average molecular weight is 672 g/mol. The van der Waals surface area contributed by atoms with Gasteiger partial charge >= 0.3 is 0 Å². The first-order chi connectivity index (χ1) is 25.6. The second-order valence-corrected chi connectivity index (χ2v) is 12.7. The summed E-state index contributed by atoms with van der Waals surface area (Å²) < 4.78 is 11.7. The first-order valence-corrected chi connectivity index (χ1v) is 17.3. The molecule has 9 aromatic rings. The molecule has 0 atom stereocenters. The summed E-state index contributed by atoms with van der Waals surface area (Å²) in [7, 11) is 0. The molecule has 2 aromatic heterocycles. The van der Waals surface area contributed by atoms with E-state index in [1.54, 1.807) is 0 Å². The third kappa shape index (κ3) is 6.28. The van der Waals surface area contributed by atoms with Crippen LogP contribution in [0.2, 0.25) is 0 Å². The fourth-order valence-corrected chi connectivity index (χ4v) is 6.63. The Morgan fingerprint density at radius 1 is 0.423 bits per heavy atom. The lowest BCUT2D eigenvalue weighted by atomic mass is 9.98. The van der Waals surface area contributed by atoms with Gasteiger partial charge < -0.3 is 13.7 Å². The number of benzene rings is 7. The number of aromatic nitrogens is 2. The van der Waals surface area contributed by atoms with E-state index in [-0.39, 0.29) is 0 Å². The summed E-state index contributed by atoms with van der Waals surface area (Å²) >= 11 is 0. The molecule has 0 amide bonds. The van der Waals surface area contributed by atoms with Crippen molar-refractivity contribution >= 4 is 51.4 Å². The van der Waals surface area contributed by atoms with Crippen molar-refractivity contribution < 1.29 is 8.83 Å². The zero-order chi connectivity index (χ0) is 34.9. The van der Waals surface area contributed by atoms with E-state index in [2.05, 4.69) is 155 Å². The van der Waals surface area contributed by atoms with Crippen molar-refractivity contribution in [2.24, 2.45) is 0 Å². The van der Waals surface area contributed by atoms with Gasteiger partial charge in [0.05, 0.1) is 0 Å². The Morgan fingerprint density at radius 2 is 0.865 bits per heavy atom. The normalized spacial score (nSPS) is 11.5. The van der Waals surface area contributed by atoms with Crippen LogP contribution in [0, 0.1) is 6.92 Å². The van der Waals surface area contributed by atoms with Crippen molar-refractivity contribution in [3.05, 3.63) is 187 Å². The van der Waals surface area contributed by atoms with Crippen molar-refractivity contribution in [2.45, 2.75) is 6.92 Å². The molecule has 0 radical (unpaired) electrons. The fourth-order valence-electron chi connectivity index (χ4n) is 6.63. The quantitative estimate of drug-likeness (QED) is 0.161. The van der Waals surface area contributed by atoms with E-state index in [4.69, 9.17) is 13.8 Å². The van der Waals surface area contributed by atoms with Crippen LogP contribution in [-0.2, 0) is 0 Å². The predicted molar refractivity (Wildman–Crippen MR) is 213 cm³/mol. The molecule has 0 saturated carbocycles. The van der Waals surface area contributed by atoms with Gasteiger partial charge in [0.2, 0.25) is 5.89 Å². The van der Waals surface area contributed by atoms with Gasteiger partial charge in [0, 0.05) is 30.1 Å². The summed E-state index contributed by atoms with van der Waals surface area (Å²) in [6.45, 7) is 1.87. The van der Waals surface area contributed by atoms with Crippen LogP contribution in [0.4, 0.5) is 17.1 Å². The maximum absolute atomic E-state index is 6.08. The van der Waals surface area contributed by atoms with Gasteiger partial charge in [-0.25, -0.2) is 9.97 Å². The lowest BCUT2D eigenvalue weighted by Crippen LogP contribution is -2.09. The number of para-hydroxylation sites is 2. The Morgan fingerprint density at radius 3 is 1.40 bits per heavy atom. The zero-order valence-electron chi connectivity index (χ0n) is 28.5. The highest BCUT2D eigenvalue weighted by molar-refractivity contribution is 5.84. The van der Waals surface area contributed by atoms with Crippen molar-refractivity contribution in [2.75, 3.05) is 4.90 Å². The first kappa shape index (κ1) is 31.0. The molecule has 9 rings (SSSR count). The highest BCUT2D eigenvalue weighted by Gasteiger charge is 2.12. The molecule has 0 N–H and O–H groups in total. The maximum atomic E-state index is 6.08. The number of hydrogen-bond acceptors (Lipinski definition) is 5. The highest BCUT2D eigenvalue weighted by Crippen LogP contribution is 2.35. The first-order valence-electron chi connectivity index (χ1n) is 17.3. The van der Waals surface area contributed by atoms with Crippen molar-refractivity contribution in [1.29, 1.82) is 0 Å². The minimum Gasteiger partial charge on any atom is -0.441 e. The van der Waals surface area contributed by atoms with Crippen LogP contribution >= 0.6 is 0 Å². The summed E-state index contributed by atoms with van der Waals surface area (Å²) in [5.74, 6) is 1.25. The van der Waals surface area contributed by atoms with Gasteiger partial charge in [-0.3, -0.25) is 0 Å². The van der Waals surface area contributed by atoms with Crippen LogP contribution in [0.5, 0.6) is 0 Å². The van der Waals surface area contributed by atoms with E-state index < -0.39 is 0 Å². The molecule has 0 aliphatic rings. The van der Waals surface area contributed by atoms with Crippen LogP contribution in [0.25, 0.3) is 67.7 Å². The number of rotatable bonds is 8. The summed E-state index contributed by atoms with van der Waals surface area (Å²) in [4.78, 5) is 11.5. The number of fused-ring (bicyclic) bond motifs is 2. The lowest BCUT2D eigenvalue weighted by Gasteiger charge is -2.25. The van der Waals surface area contributed by atoms with Gasteiger partial charge in [-0.2, -0.15) is 0 Å². The molecular formula is C47H33N3O2. The molecule has 0 saturated heterocycles. The standard InChI is InChI=1S/C47H33N3O2/c1-32-48-43-30-38(23-27-45(43)51-32)36-19-15-34(16-20-36)35-17-21-37(22-18-35)39-24-28-46-44(31-39)49-47(52-46)29-14-33-12-25-42(26-13-33)50(40-8-4-2-5-9-40)41-10-6-3-7-11-41/h2-31H,1H3. The SMILES string of the molecule is Cc1nc2cc(-c3ccc(-c4ccc(-c5ccc6oc(C=Cc7ccc(N(c8ccccc8)c8ccccc8)cc7)nc6c5)cc4)cc3)ccc2o1. The van der Waals surface area contributed by atoms with Gasteiger partial charge in [0.25, 0.3) is 0 Å². The predicted octanol–water partition coefficient (Wildman–Crippen LogP) is 12.9.